The van der Waals surface area contributed by atoms with Crippen molar-refractivity contribution in [1.82, 2.24) is 0 Å². The van der Waals surface area contributed by atoms with Crippen molar-refractivity contribution in [2.45, 2.75) is 44.6 Å². The molecule has 2 rings (SSSR count). The second kappa shape index (κ2) is 4.34. The molecule has 4 heteroatoms. The highest BCUT2D eigenvalue weighted by Gasteiger charge is 2.60. The summed E-state index contributed by atoms with van der Waals surface area (Å²) >= 11 is 0. The van der Waals surface area contributed by atoms with E-state index < -0.39 is 11.0 Å². The van der Waals surface area contributed by atoms with Crippen molar-refractivity contribution in [1.29, 1.82) is 0 Å². The van der Waals surface area contributed by atoms with Gasteiger partial charge in [-0.05, 0) is 39.0 Å². The Morgan fingerprint density at radius 3 is 2.56 bits per heavy atom. The second-order valence-corrected chi connectivity index (χ2v) is 4.84. The first-order valence-corrected chi connectivity index (χ1v) is 6.12. The molecule has 16 heavy (non-hydrogen) atoms. The Labute approximate surface area is 95.9 Å². The van der Waals surface area contributed by atoms with Crippen LogP contribution < -0.4 is 0 Å². The molecule has 0 bridgehead atoms. The van der Waals surface area contributed by atoms with Crippen LogP contribution in [0.2, 0.25) is 0 Å². The van der Waals surface area contributed by atoms with Gasteiger partial charge in [-0.25, -0.2) is 0 Å². The van der Waals surface area contributed by atoms with Crippen LogP contribution in [0.1, 0.15) is 39.0 Å². The average molecular weight is 228 g/mol. The van der Waals surface area contributed by atoms with Crippen LogP contribution in [-0.4, -0.2) is 36.5 Å². The maximum atomic E-state index is 12.1. The zero-order valence-corrected chi connectivity index (χ0v) is 9.83. The van der Waals surface area contributed by atoms with Gasteiger partial charge in [0.25, 0.3) is 0 Å². The highest BCUT2D eigenvalue weighted by molar-refractivity contribution is 5.79. The van der Waals surface area contributed by atoms with Crippen LogP contribution >= 0.6 is 0 Å². The lowest BCUT2D eigenvalue weighted by Gasteiger charge is -2.51. The van der Waals surface area contributed by atoms with Crippen LogP contribution in [-0.2, 0) is 14.3 Å². The van der Waals surface area contributed by atoms with E-state index in [2.05, 4.69) is 0 Å². The molecule has 4 nitrogen and oxygen atoms in total. The molecule has 1 heterocycles. The van der Waals surface area contributed by atoms with Gasteiger partial charge in [-0.2, -0.15) is 0 Å². The van der Waals surface area contributed by atoms with Crippen molar-refractivity contribution in [2.75, 3.05) is 19.8 Å². The number of rotatable bonds is 3. The molecule has 1 aliphatic carbocycles. The minimum absolute atomic E-state index is 0.281. The van der Waals surface area contributed by atoms with Gasteiger partial charge < -0.3 is 14.6 Å². The zero-order valence-electron chi connectivity index (χ0n) is 9.83. The third kappa shape index (κ3) is 1.64. The Hall–Kier alpha value is -0.610. The predicted octanol–water partition coefficient (Wildman–Crippen LogP) is 1.26. The number of esters is 1. The summed E-state index contributed by atoms with van der Waals surface area (Å²) in [5.74, 6) is -0.281. The molecule has 92 valence electrons. The normalized spacial score (nSPS) is 32.9. The number of ether oxygens (including phenoxy) is 2. The van der Waals surface area contributed by atoms with Crippen LogP contribution in [0.3, 0.4) is 0 Å². The number of carbonyl (C=O) groups excluding carboxylic acids is 1. The first kappa shape index (κ1) is 11.9. The van der Waals surface area contributed by atoms with Gasteiger partial charge in [-0.3, -0.25) is 4.79 Å². The molecule has 1 unspecified atom stereocenters. The van der Waals surface area contributed by atoms with Crippen LogP contribution in [0.15, 0.2) is 0 Å². The van der Waals surface area contributed by atoms with Crippen LogP contribution in [0.25, 0.3) is 0 Å². The lowest BCUT2D eigenvalue weighted by atomic mass is 9.59. The van der Waals surface area contributed by atoms with E-state index in [9.17, 15) is 9.90 Å². The van der Waals surface area contributed by atoms with Crippen LogP contribution in [0.5, 0.6) is 0 Å². The molecule has 1 aliphatic heterocycles. The van der Waals surface area contributed by atoms with Crippen LogP contribution in [0, 0.1) is 5.41 Å². The Morgan fingerprint density at radius 1 is 1.38 bits per heavy atom. The molecule has 0 aromatic heterocycles. The molecule has 2 aliphatic rings. The summed E-state index contributed by atoms with van der Waals surface area (Å²) in [6.07, 6.45) is 3.87. The zero-order chi connectivity index (χ0) is 11.6. The average Bonchev–Trinajstić information content (AvgIpc) is 2.27. The monoisotopic (exact) mass is 228 g/mol. The van der Waals surface area contributed by atoms with Crippen molar-refractivity contribution < 1.29 is 19.4 Å². The molecule has 0 amide bonds. The standard InChI is InChI=1S/C12H20O4/c1-2-16-10(13)11(5-4-8-15-9-11)12(14)6-3-7-12/h14H,2-9H2,1H3. The van der Waals surface area contributed by atoms with Gasteiger partial charge in [-0.15, -0.1) is 0 Å². The number of hydrogen-bond donors (Lipinski definition) is 1. The van der Waals surface area contributed by atoms with Crippen molar-refractivity contribution in [3.05, 3.63) is 0 Å². The number of carbonyl (C=O) groups is 1. The third-order valence-electron chi connectivity index (χ3n) is 3.98. The molecular formula is C12H20O4. The summed E-state index contributed by atoms with van der Waals surface area (Å²) in [4.78, 5) is 12.1. The van der Waals surface area contributed by atoms with Crippen molar-refractivity contribution in [3.63, 3.8) is 0 Å². The fourth-order valence-electron chi connectivity index (χ4n) is 2.77. The van der Waals surface area contributed by atoms with Crippen molar-refractivity contribution >= 4 is 5.97 Å². The highest BCUT2D eigenvalue weighted by Crippen LogP contribution is 2.51. The first-order chi connectivity index (χ1) is 7.65. The van der Waals surface area contributed by atoms with E-state index in [1.807, 2.05) is 0 Å². The Kier molecular flexibility index (Phi) is 3.22. The molecular weight excluding hydrogens is 208 g/mol. The molecule has 1 N–H and O–H groups in total. The van der Waals surface area contributed by atoms with Crippen molar-refractivity contribution in [2.24, 2.45) is 5.41 Å². The molecule has 1 saturated carbocycles. The fraction of sp³-hybridized carbons (Fsp3) is 0.917. The van der Waals surface area contributed by atoms with E-state index in [4.69, 9.17) is 9.47 Å². The lowest BCUT2D eigenvalue weighted by Crippen LogP contribution is -2.61. The van der Waals surface area contributed by atoms with E-state index in [1.54, 1.807) is 6.92 Å². The summed E-state index contributed by atoms with van der Waals surface area (Å²) in [6, 6.07) is 0. The summed E-state index contributed by atoms with van der Waals surface area (Å²) in [5.41, 5.74) is -1.70. The molecule has 0 aromatic rings. The van der Waals surface area contributed by atoms with Gasteiger partial charge in [0.15, 0.2) is 0 Å². The van der Waals surface area contributed by atoms with Gasteiger partial charge >= 0.3 is 5.97 Å². The number of aliphatic hydroxyl groups is 1. The second-order valence-electron chi connectivity index (χ2n) is 4.84. The Bertz CT molecular complexity index is 264. The molecule has 2 fully saturated rings. The SMILES string of the molecule is CCOC(=O)C1(C2(O)CCC2)CCCOC1. The van der Waals surface area contributed by atoms with Gasteiger partial charge in [-0.1, -0.05) is 0 Å². The molecule has 0 aromatic carbocycles. The third-order valence-corrected chi connectivity index (χ3v) is 3.98. The van der Waals surface area contributed by atoms with E-state index >= 15 is 0 Å². The Balaban J connectivity index is 2.20. The van der Waals surface area contributed by atoms with Gasteiger partial charge in [0.05, 0.1) is 18.8 Å². The largest absolute Gasteiger partial charge is 0.465 e. The first-order valence-electron chi connectivity index (χ1n) is 6.12. The highest BCUT2D eigenvalue weighted by atomic mass is 16.5. The van der Waals surface area contributed by atoms with E-state index in [0.717, 1.165) is 12.8 Å². The Morgan fingerprint density at radius 2 is 2.12 bits per heavy atom. The maximum Gasteiger partial charge on any atom is 0.317 e. The van der Waals surface area contributed by atoms with Crippen molar-refractivity contribution in [3.8, 4) is 0 Å². The lowest BCUT2D eigenvalue weighted by molar-refractivity contribution is -0.212. The summed E-state index contributed by atoms with van der Waals surface area (Å²) in [6.45, 7) is 3.14. The van der Waals surface area contributed by atoms with Gasteiger partial charge in [0.2, 0.25) is 0 Å². The van der Waals surface area contributed by atoms with Gasteiger partial charge in [0.1, 0.15) is 5.41 Å². The van der Waals surface area contributed by atoms with Gasteiger partial charge in [0, 0.05) is 6.61 Å². The summed E-state index contributed by atoms with van der Waals surface area (Å²) in [5, 5.41) is 10.5. The topological polar surface area (TPSA) is 55.8 Å². The molecule has 1 saturated heterocycles. The smallest absolute Gasteiger partial charge is 0.317 e. The van der Waals surface area contributed by atoms with Crippen LogP contribution in [0.4, 0.5) is 0 Å². The van der Waals surface area contributed by atoms with E-state index in [0.29, 0.717) is 39.1 Å². The molecule has 0 radical (unpaired) electrons. The minimum atomic E-state index is -0.889. The minimum Gasteiger partial charge on any atom is -0.465 e. The molecule has 0 spiro atoms. The fourth-order valence-corrected chi connectivity index (χ4v) is 2.77. The van der Waals surface area contributed by atoms with E-state index in [-0.39, 0.29) is 5.97 Å². The maximum absolute atomic E-state index is 12.1. The number of hydrogen-bond acceptors (Lipinski definition) is 4. The predicted molar refractivity (Wildman–Crippen MR) is 57.9 cm³/mol. The summed E-state index contributed by atoms with van der Waals surface area (Å²) in [7, 11) is 0. The molecule has 1 atom stereocenters. The quantitative estimate of drug-likeness (QED) is 0.739. The van der Waals surface area contributed by atoms with E-state index in [1.165, 1.54) is 0 Å². The summed E-state index contributed by atoms with van der Waals surface area (Å²) < 4.78 is 10.5.